The fourth-order valence-corrected chi connectivity index (χ4v) is 3.13. The lowest BCUT2D eigenvalue weighted by atomic mass is 10.0. The van der Waals surface area contributed by atoms with E-state index in [1.54, 1.807) is 20.0 Å². The summed E-state index contributed by atoms with van der Waals surface area (Å²) in [6.07, 6.45) is -1.20. The van der Waals surface area contributed by atoms with Crippen LogP contribution in [0, 0.1) is 0 Å². The van der Waals surface area contributed by atoms with Gasteiger partial charge < -0.3 is 40.5 Å². The maximum Gasteiger partial charge on any atom is 0.510 e. The third-order valence-electron chi connectivity index (χ3n) is 4.46. The van der Waals surface area contributed by atoms with Gasteiger partial charge in [-0.3, -0.25) is 0 Å². The van der Waals surface area contributed by atoms with Crippen LogP contribution in [0.5, 0.6) is 0 Å². The molecule has 3 rings (SSSR count). The summed E-state index contributed by atoms with van der Waals surface area (Å²) in [4.78, 5) is 22.6. The van der Waals surface area contributed by atoms with Gasteiger partial charge in [-0.05, 0) is 20.8 Å². The number of nitrogens with zero attached hydrogens (tertiary/aromatic N) is 2. The quantitative estimate of drug-likeness (QED) is 0.337. The van der Waals surface area contributed by atoms with Crippen LogP contribution in [-0.4, -0.2) is 68.6 Å². The molecule has 5 unspecified atom stereocenters. The van der Waals surface area contributed by atoms with Gasteiger partial charge >= 0.3 is 6.16 Å². The van der Waals surface area contributed by atoms with Crippen LogP contribution >= 0.6 is 0 Å². The van der Waals surface area contributed by atoms with Crippen LogP contribution in [0.3, 0.4) is 0 Å². The molecule has 0 aliphatic carbocycles. The lowest BCUT2D eigenvalue weighted by molar-refractivity contribution is -0.124. The first kappa shape index (κ1) is 20.3. The van der Waals surface area contributed by atoms with Crippen LogP contribution in [0.2, 0.25) is 0 Å². The molecule has 1 fully saturated rings. The smallest absolute Gasteiger partial charge is 0.432 e. The van der Waals surface area contributed by atoms with Gasteiger partial charge in [0.05, 0.1) is 36.4 Å². The Balaban J connectivity index is 1.62. The highest BCUT2D eigenvalue weighted by atomic mass is 16.8. The molecule has 0 spiro atoms. The molecule has 1 aliphatic rings. The third kappa shape index (κ3) is 4.17. The molecule has 6 N–H and O–H groups in total. The topological polar surface area (TPSA) is 165 Å². The van der Waals surface area contributed by atoms with Crippen LogP contribution in [0.1, 0.15) is 32.4 Å². The molecule has 11 heteroatoms. The fourth-order valence-electron chi connectivity index (χ4n) is 3.13. The number of carbonyl (C=O) groups excluding carboxylic acids is 1. The molecule has 1 aliphatic heterocycles. The number of aromatic nitrogens is 3. The minimum atomic E-state index is -1.09. The van der Waals surface area contributed by atoms with Gasteiger partial charge in [-0.15, -0.1) is 0 Å². The Morgan fingerprint density at radius 3 is 2.71 bits per heavy atom. The minimum Gasteiger partial charge on any atom is -0.432 e. The zero-order chi connectivity index (χ0) is 20.4. The Bertz CT molecular complexity index is 827. The number of aliphatic hydroxyl groups is 2. The number of H-pyrrole nitrogens is 1. The van der Waals surface area contributed by atoms with Gasteiger partial charge in [0.15, 0.2) is 5.82 Å². The average Bonchev–Trinajstić information content (AvgIpc) is 3.16. The van der Waals surface area contributed by atoms with Crippen molar-refractivity contribution in [3.63, 3.8) is 0 Å². The SMILES string of the molecule is CC(C)OC(=O)OC(C)OCC1NC(c2c[nH]c3c(N)ncnc23)C(O)C1O. The Kier molecular flexibility index (Phi) is 5.98. The van der Waals surface area contributed by atoms with Crippen molar-refractivity contribution in [3.05, 3.63) is 18.1 Å². The Morgan fingerprint density at radius 1 is 1.25 bits per heavy atom. The maximum absolute atomic E-state index is 11.5. The number of aromatic amines is 1. The molecule has 3 heterocycles. The summed E-state index contributed by atoms with van der Waals surface area (Å²) in [7, 11) is 0. The van der Waals surface area contributed by atoms with Crippen molar-refractivity contribution in [2.75, 3.05) is 12.3 Å². The van der Waals surface area contributed by atoms with E-state index in [4.69, 9.17) is 19.9 Å². The summed E-state index contributed by atoms with van der Waals surface area (Å²) in [5.41, 5.74) is 7.60. The first-order valence-corrected chi connectivity index (χ1v) is 8.96. The molecule has 11 nitrogen and oxygen atoms in total. The van der Waals surface area contributed by atoms with Crippen molar-refractivity contribution >= 4 is 23.0 Å². The largest absolute Gasteiger partial charge is 0.510 e. The van der Waals surface area contributed by atoms with Crippen LogP contribution in [-0.2, 0) is 14.2 Å². The van der Waals surface area contributed by atoms with E-state index in [9.17, 15) is 15.0 Å². The van der Waals surface area contributed by atoms with E-state index >= 15 is 0 Å². The van der Waals surface area contributed by atoms with Gasteiger partial charge in [0.1, 0.15) is 17.9 Å². The molecule has 0 bridgehead atoms. The monoisotopic (exact) mass is 395 g/mol. The normalized spacial score (nSPS) is 25.9. The molecule has 154 valence electrons. The Hall–Kier alpha value is -2.47. The standard InChI is InChI=1S/C17H25N5O6/c1-7(2)27-17(25)28-8(3)26-5-10-14(23)15(24)12(22-10)9-4-19-13-11(9)20-6-21-16(13)18/h4,6-8,10,12,14-15,19,22-24H,5H2,1-3H3,(H2,18,20,21). The lowest BCUT2D eigenvalue weighted by Gasteiger charge is -2.19. The molecule has 0 aromatic carbocycles. The van der Waals surface area contributed by atoms with E-state index < -0.39 is 36.7 Å². The number of carbonyl (C=O) groups is 1. The van der Waals surface area contributed by atoms with Gasteiger partial charge in [-0.1, -0.05) is 0 Å². The Labute approximate surface area is 161 Å². The molecule has 2 aromatic rings. The number of rotatable bonds is 6. The second-order valence-corrected chi connectivity index (χ2v) is 6.89. The number of nitrogen functional groups attached to an aromatic ring is 1. The minimum absolute atomic E-state index is 0.00430. The average molecular weight is 395 g/mol. The zero-order valence-electron chi connectivity index (χ0n) is 15.8. The molecule has 0 radical (unpaired) electrons. The number of nitrogens with one attached hydrogen (secondary N) is 2. The summed E-state index contributed by atoms with van der Waals surface area (Å²) < 4.78 is 15.3. The third-order valence-corrected chi connectivity index (χ3v) is 4.46. The van der Waals surface area contributed by atoms with Gasteiger partial charge in [0.25, 0.3) is 0 Å². The van der Waals surface area contributed by atoms with Gasteiger partial charge in [0.2, 0.25) is 6.29 Å². The number of ether oxygens (including phenoxy) is 3. The van der Waals surface area contributed by atoms with E-state index in [-0.39, 0.29) is 12.7 Å². The molecule has 28 heavy (non-hydrogen) atoms. The predicted octanol–water partition coefficient (Wildman–Crippen LogP) is 0.199. The number of nitrogens with two attached hydrogens (primary N) is 1. The molecular formula is C17H25N5O6. The van der Waals surface area contributed by atoms with Gasteiger partial charge in [-0.2, -0.15) is 0 Å². The van der Waals surface area contributed by atoms with Crippen molar-refractivity contribution in [1.29, 1.82) is 0 Å². The molecule has 1 saturated heterocycles. The second-order valence-electron chi connectivity index (χ2n) is 6.89. The maximum atomic E-state index is 11.5. The number of anilines is 1. The van der Waals surface area contributed by atoms with Crippen molar-refractivity contribution in [3.8, 4) is 0 Å². The highest BCUT2D eigenvalue weighted by molar-refractivity contribution is 5.87. The highest BCUT2D eigenvalue weighted by Crippen LogP contribution is 2.32. The number of hydrogen-bond donors (Lipinski definition) is 5. The zero-order valence-corrected chi connectivity index (χ0v) is 15.8. The second kappa shape index (κ2) is 8.27. The van der Waals surface area contributed by atoms with E-state index in [0.717, 1.165) is 0 Å². The van der Waals surface area contributed by atoms with E-state index in [1.807, 2.05) is 0 Å². The summed E-state index contributed by atoms with van der Waals surface area (Å²) in [5.74, 6) is 0.295. The van der Waals surface area contributed by atoms with E-state index in [2.05, 4.69) is 20.3 Å². The Morgan fingerprint density at radius 2 is 2.00 bits per heavy atom. The fraction of sp³-hybridized carbons (Fsp3) is 0.588. The highest BCUT2D eigenvalue weighted by Gasteiger charge is 2.43. The molecular weight excluding hydrogens is 370 g/mol. The van der Waals surface area contributed by atoms with Crippen LogP contribution in [0.25, 0.3) is 11.0 Å². The first-order chi connectivity index (χ1) is 13.3. The van der Waals surface area contributed by atoms with Crippen LogP contribution < -0.4 is 11.1 Å². The molecule has 5 atom stereocenters. The van der Waals surface area contributed by atoms with Gasteiger partial charge in [-0.25, -0.2) is 14.8 Å². The van der Waals surface area contributed by atoms with Crippen LogP contribution in [0.4, 0.5) is 10.6 Å². The lowest BCUT2D eigenvalue weighted by Crippen LogP contribution is -2.38. The first-order valence-electron chi connectivity index (χ1n) is 8.96. The van der Waals surface area contributed by atoms with Crippen molar-refractivity contribution in [1.82, 2.24) is 20.3 Å². The predicted molar refractivity (Wildman–Crippen MR) is 98.1 cm³/mol. The van der Waals surface area contributed by atoms with Crippen molar-refractivity contribution in [2.45, 2.75) is 57.5 Å². The van der Waals surface area contributed by atoms with Gasteiger partial charge in [0, 0.05) is 11.8 Å². The molecule has 2 aromatic heterocycles. The number of hydrogen-bond acceptors (Lipinski definition) is 10. The summed E-state index contributed by atoms with van der Waals surface area (Å²) in [6, 6.07) is -1.18. The van der Waals surface area contributed by atoms with Crippen LogP contribution in [0.15, 0.2) is 12.5 Å². The van der Waals surface area contributed by atoms with Crippen molar-refractivity contribution in [2.24, 2.45) is 0 Å². The summed E-state index contributed by atoms with van der Waals surface area (Å²) >= 11 is 0. The summed E-state index contributed by atoms with van der Waals surface area (Å²) in [5, 5.41) is 24.0. The molecule has 0 amide bonds. The molecule has 0 saturated carbocycles. The van der Waals surface area contributed by atoms with Crippen molar-refractivity contribution < 1.29 is 29.2 Å². The number of fused-ring (bicyclic) bond motifs is 1. The van der Waals surface area contributed by atoms with E-state index in [1.165, 1.54) is 13.3 Å². The summed E-state index contributed by atoms with van der Waals surface area (Å²) in [6.45, 7) is 4.95. The number of aliphatic hydroxyl groups excluding tert-OH is 2. The van der Waals surface area contributed by atoms with E-state index in [0.29, 0.717) is 22.4 Å².